The zero-order valence-electron chi connectivity index (χ0n) is 16.7. The van der Waals surface area contributed by atoms with E-state index in [1.807, 2.05) is 38.1 Å². The molecule has 2 atom stereocenters. The third kappa shape index (κ3) is 4.83. The predicted molar refractivity (Wildman–Crippen MR) is 105 cm³/mol. The third-order valence-electron chi connectivity index (χ3n) is 5.14. The minimum atomic E-state index is -3.53. The summed E-state index contributed by atoms with van der Waals surface area (Å²) >= 11 is 0. The zero-order valence-corrected chi connectivity index (χ0v) is 17.5. The lowest BCUT2D eigenvalue weighted by Crippen LogP contribution is -2.57. The van der Waals surface area contributed by atoms with E-state index in [0.29, 0.717) is 45.7 Å². The standard InChI is InChI=1S/C19H29N3O5S/c1-15-13-22(14-16(2)27-15)28(24,25)21-10-8-20(9-11-21)19(23)12-17-4-6-18(26-3)7-5-17/h4-7,15-16H,8-14H2,1-3H3. The number of hydrogen-bond donors (Lipinski definition) is 0. The van der Waals surface area contributed by atoms with Crippen LogP contribution in [-0.2, 0) is 26.2 Å². The second-order valence-corrected chi connectivity index (χ2v) is 9.32. The van der Waals surface area contributed by atoms with Crippen molar-refractivity contribution < 1.29 is 22.7 Å². The number of benzene rings is 1. The molecule has 2 saturated heterocycles. The van der Waals surface area contributed by atoms with Crippen LogP contribution in [0.15, 0.2) is 24.3 Å². The molecule has 8 nitrogen and oxygen atoms in total. The molecule has 0 spiro atoms. The van der Waals surface area contributed by atoms with Crippen molar-refractivity contribution in [2.45, 2.75) is 32.5 Å². The molecule has 0 N–H and O–H groups in total. The van der Waals surface area contributed by atoms with Gasteiger partial charge in [-0.3, -0.25) is 4.79 Å². The van der Waals surface area contributed by atoms with Crippen LogP contribution in [-0.4, -0.2) is 86.4 Å². The highest BCUT2D eigenvalue weighted by Gasteiger charge is 2.37. The van der Waals surface area contributed by atoms with Crippen molar-refractivity contribution in [3.05, 3.63) is 29.8 Å². The van der Waals surface area contributed by atoms with Gasteiger partial charge in [0.1, 0.15) is 5.75 Å². The number of carbonyl (C=O) groups excluding carboxylic acids is 1. The zero-order chi connectivity index (χ0) is 20.3. The molecule has 2 aliphatic rings. The van der Waals surface area contributed by atoms with Crippen LogP contribution in [0.1, 0.15) is 19.4 Å². The number of hydrogen-bond acceptors (Lipinski definition) is 5. The first-order chi connectivity index (χ1) is 13.3. The van der Waals surface area contributed by atoms with E-state index in [0.717, 1.165) is 11.3 Å². The Morgan fingerprint density at radius 1 is 1.04 bits per heavy atom. The fraction of sp³-hybridized carbons (Fsp3) is 0.632. The number of nitrogens with zero attached hydrogens (tertiary/aromatic N) is 3. The van der Waals surface area contributed by atoms with Gasteiger partial charge in [0.2, 0.25) is 5.91 Å². The lowest BCUT2D eigenvalue weighted by Gasteiger charge is -2.40. The van der Waals surface area contributed by atoms with Crippen LogP contribution < -0.4 is 4.74 Å². The Morgan fingerprint density at radius 2 is 1.61 bits per heavy atom. The van der Waals surface area contributed by atoms with Gasteiger partial charge in [0.25, 0.3) is 10.2 Å². The van der Waals surface area contributed by atoms with E-state index < -0.39 is 10.2 Å². The van der Waals surface area contributed by atoms with Gasteiger partial charge in [0, 0.05) is 39.3 Å². The largest absolute Gasteiger partial charge is 0.497 e. The summed E-state index contributed by atoms with van der Waals surface area (Å²) in [6.45, 7) is 5.94. The van der Waals surface area contributed by atoms with Crippen LogP contribution >= 0.6 is 0 Å². The summed E-state index contributed by atoms with van der Waals surface area (Å²) in [5.74, 6) is 0.762. The first kappa shape index (κ1) is 21.0. The normalized spacial score (nSPS) is 24.9. The number of rotatable bonds is 5. The Balaban J connectivity index is 1.55. The third-order valence-corrected chi connectivity index (χ3v) is 7.11. The van der Waals surface area contributed by atoms with Gasteiger partial charge in [0.05, 0.1) is 25.7 Å². The lowest BCUT2D eigenvalue weighted by atomic mass is 10.1. The van der Waals surface area contributed by atoms with Gasteiger partial charge in [0.15, 0.2) is 0 Å². The summed E-state index contributed by atoms with van der Waals surface area (Å²) in [7, 11) is -1.93. The molecule has 2 unspecified atom stereocenters. The van der Waals surface area contributed by atoms with Crippen molar-refractivity contribution in [2.75, 3.05) is 46.4 Å². The summed E-state index contributed by atoms with van der Waals surface area (Å²) < 4.78 is 39.6. The average Bonchev–Trinajstić information content (AvgIpc) is 2.68. The molecular weight excluding hydrogens is 382 g/mol. The molecule has 1 aromatic carbocycles. The number of amides is 1. The number of morpholine rings is 1. The second-order valence-electron chi connectivity index (χ2n) is 7.39. The van der Waals surface area contributed by atoms with Crippen LogP contribution in [0.3, 0.4) is 0 Å². The smallest absolute Gasteiger partial charge is 0.282 e. The van der Waals surface area contributed by atoms with Gasteiger partial charge in [-0.15, -0.1) is 0 Å². The molecule has 0 aliphatic carbocycles. The Bertz CT molecular complexity index is 765. The van der Waals surface area contributed by atoms with Crippen molar-refractivity contribution >= 4 is 16.1 Å². The van der Waals surface area contributed by atoms with E-state index in [2.05, 4.69) is 0 Å². The monoisotopic (exact) mass is 411 g/mol. The molecule has 0 radical (unpaired) electrons. The van der Waals surface area contributed by atoms with Crippen LogP contribution in [0.4, 0.5) is 0 Å². The maximum atomic E-state index is 12.9. The van der Waals surface area contributed by atoms with E-state index in [1.165, 1.54) is 8.61 Å². The molecule has 2 heterocycles. The molecule has 9 heteroatoms. The van der Waals surface area contributed by atoms with Gasteiger partial charge < -0.3 is 14.4 Å². The van der Waals surface area contributed by atoms with Gasteiger partial charge in [-0.25, -0.2) is 0 Å². The highest BCUT2D eigenvalue weighted by Crippen LogP contribution is 2.19. The Labute approximate surface area is 167 Å². The fourth-order valence-corrected chi connectivity index (χ4v) is 5.43. The molecule has 1 aromatic rings. The quantitative estimate of drug-likeness (QED) is 0.714. The molecule has 0 bridgehead atoms. The van der Waals surface area contributed by atoms with Gasteiger partial charge in [-0.05, 0) is 31.5 Å². The van der Waals surface area contributed by atoms with E-state index in [1.54, 1.807) is 12.0 Å². The van der Waals surface area contributed by atoms with Crippen LogP contribution in [0.2, 0.25) is 0 Å². The SMILES string of the molecule is COc1ccc(CC(=O)N2CCN(S(=O)(=O)N3CC(C)OC(C)C3)CC2)cc1. The Kier molecular flexibility index (Phi) is 6.59. The minimum absolute atomic E-state index is 0.0100. The topological polar surface area (TPSA) is 79.4 Å². The van der Waals surface area contributed by atoms with Gasteiger partial charge >= 0.3 is 0 Å². The van der Waals surface area contributed by atoms with E-state index >= 15 is 0 Å². The molecule has 3 rings (SSSR count). The van der Waals surface area contributed by atoms with Gasteiger partial charge in [-0.2, -0.15) is 17.0 Å². The number of ether oxygens (including phenoxy) is 2. The lowest BCUT2D eigenvalue weighted by molar-refractivity contribution is -0.131. The maximum absolute atomic E-state index is 12.9. The van der Waals surface area contributed by atoms with Crippen LogP contribution in [0, 0.1) is 0 Å². The molecule has 0 aromatic heterocycles. The molecule has 0 saturated carbocycles. The van der Waals surface area contributed by atoms with Crippen molar-refractivity contribution in [3.8, 4) is 5.75 Å². The van der Waals surface area contributed by atoms with Crippen molar-refractivity contribution in [1.29, 1.82) is 0 Å². The average molecular weight is 412 g/mol. The molecule has 156 valence electrons. The Morgan fingerprint density at radius 3 is 2.14 bits per heavy atom. The molecule has 2 aliphatic heterocycles. The maximum Gasteiger partial charge on any atom is 0.282 e. The van der Waals surface area contributed by atoms with Gasteiger partial charge in [-0.1, -0.05) is 12.1 Å². The fourth-order valence-electron chi connectivity index (χ4n) is 3.68. The Hall–Kier alpha value is -1.68. The molecule has 2 fully saturated rings. The molecule has 28 heavy (non-hydrogen) atoms. The first-order valence-electron chi connectivity index (χ1n) is 9.61. The molecule has 1 amide bonds. The number of methoxy groups -OCH3 is 1. The van der Waals surface area contributed by atoms with Crippen molar-refractivity contribution in [2.24, 2.45) is 0 Å². The second kappa shape index (κ2) is 8.77. The molecular formula is C19H29N3O5S. The van der Waals surface area contributed by atoms with Crippen LogP contribution in [0.5, 0.6) is 5.75 Å². The highest BCUT2D eigenvalue weighted by atomic mass is 32.2. The summed E-state index contributed by atoms with van der Waals surface area (Å²) in [5, 5.41) is 0. The van der Waals surface area contributed by atoms with E-state index in [9.17, 15) is 13.2 Å². The minimum Gasteiger partial charge on any atom is -0.497 e. The van der Waals surface area contributed by atoms with E-state index in [4.69, 9.17) is 9.47 Å². The predicted octanol–water partition coefficient (Wildman–Crippen LogP) is 0.736. The number of carbonyl (C=O) groups is 1. The van der Waals surface area contributed by atoms with Crippen LogP contribution in [0.25, 0.3) is 0 Å². The van der Waals surface area contributed by atoms with Crippen molar-refractivity contribution in [1.82, 2.24) is 13.5 Å². The summed E-state index contributed by atoms with van der Waals surface area (Å²) in [6.07, 6.45) is 0.0617. The summed E-state index contributed by atoms with van der Waals surface area (Å²) in [5.41, 5.74) is 0.914. The first-order valence-corrected chi connectivity index (χ1v) is 11.0. The highest BCUT2D eigenvalue weighted by molar-refractivity contribution is 7.86. The summed E-state index contributed by atoms with van der Waals surface area (Å²) in [6, 6.07) is 7.41. The van der Waals surface area contributed by atoms with Crippen molar-refractivity contribution in [3.63, 3.8) is 0 Å². The van der Waals surface area contributed by atoms with E-state index in [-0.39, 0.29) is 18.1 Å². The number of piperazine rings is 1. The summed E-state index contributed by atoms with van der Waals surface area (Å²) in [4.78, 5) is 14.3.